The molecular weight excluding hydrogens is 269 g/mol. The van der Waals surface area contributed by atoms with Crippen molar-refractivity contribution >= 4 is 23.1 Å². The summed E-state index contributed by atoms with van der Waals surface area (Å²) in [6.45, 7) is 4.65. The number of hydrogen-bond donors (Lipinski definition) is 2. The molecule has 2 aromatic rings. The Kier molecular flexibility index (Phi) is 4.57. The minimum absolute atomic E-state index is 0.162. The molecule has 0 aliphatic rings. The highest BCUT2D eigenvalue weighted by Crippen LogP contribution is 2.25. The average Bonchev–Trinajstić information content (AvgIpc) is 2.44. The third-order valence-electron chi connectivity index (χ3n) is 3.03. The number of aryl methyl sites for hydroxylation is 1. The summed E-state index contributed by atoms with van der Waals surface area (Å²) < 4.78 is 13.8. The first kappa shape index (κ1) is 15.0. The number of nitrogens with one attached hydrogen (secondary N) is 2. The van der Waals surface area contributed by atoms with Crippen molar-refractivity contribution < 1.29 is 4.39 Å². The lowest BCUT2D eigenvalue weighted by molar-refractivity contribution is 0.619. The second-order valence-electron chi connectivity index (χ2n) is 4.94. The standard InChI is InChI=1S/C15H20FN5/c1-5-17-15-18-9-12(16)14(20-15)19-11-7-6-10(2)13(8-11)21(3)4/h6-9H,5H2,1-4H3,(H2,17,18,19,20). The van der Waals surface area contributed by atoms with E-state index in [4.69, 9.17) is 0 Å². The van der Waals surface area contributed by atoms with Crippen molar-refractivity contribution in [2.75, 3.05) is 36.2 Å². The fraction of sp³-hybridized carbons (Fsp3) is 0.333. The Balaban J connectivity index is 2.29. The van der Waals surface area contributed by atoms with E-state index in [0.717, 1.165) is 23.1 Å². The molecule has 0 bridgehead atoms. The van der Waals surface area contributed by atoms with Gasteiger partial charge >= 0.3 is 0 Å². The van der Waals surface area contributed by atoms with Gasteiger partial charge in [-0.25, -0.2) is 9.37 Å². The van der Waals surface area contributed by atoms with E-state index in [0.29, 0.717) is 12.5 Å². The van der Waals surface area contributed by atoms with Crippen molar-refractivity contribution in [1.82, 2.24) is 9.97 Å². The van der Waals surface area contributed by atoms with E-state index in [1.807, 2.05) is 51.0 Å². The lowest BCUT2D eigenvalue weighted by Crippen LogP contribution is -2.11. The summed E-state index contributed by atoms with van der Waals surface area (Å²) >= 11 is 0. The molecular formula is C15H20FN5. The molecule has 0 saturated heterocycles. The first-order chi connectivity index (χ1) is 10.0. The van der Waals surface area contributed by atoms with Crippen LogP contribution < -0.4 is 15.5 Å². The van der Waals surface area contributed by atoms with Crippen molar-refractivity contribution in [1.29, 1.82) is 0 Å². The van der Waals surface area contributed by atoms with Crippen molar-refractivity contribution in [3.8, 4) is 0 Å². The van der Waals surface area contributed by atoms with Gasteiger partial charge in [0.05, 0.1) is 6.20 Å². The number of benzene rings is 1. The van der Waals surface area contributed by atoms with E-state index in [1.54, 1.807) is 0 Å². The van der Waals surface area contributed by atoms with E-state index >= 15 is 0 Å². The van der Waals surface area contributed by atoms with Crippen LogP contribution in [0.3, 0.4) is 0 Å². The van der Waals surface area contributed by atoms with Gasteiger partial charge in [0.1, 0.15) is 0 Å². The molecule has 6 heteroatoms. The summed E-state index contributed by atoms with van der Waals surface area (Å²) in [5, 5.41) is 5.96. The van der Waals surface area contributed by atoms with Gasteiger partial charge in [-0.1, -0.05) is 6.07 Å². The molecule has 1 heterocycles. The van der Waals surface area contributed by atoms with Crippen molar-refractivity contribution in [2.45, 2.75) is 13.8 Å². The second-order valence-corrected chi connectivity index (χ2v) is 4.94. The predicted octanol–water partition coefficient (Wildman–Crippen LogP) is 3.17. The Morgan fingerprint density at radius 2 is 2.05 bits per heavy atom. The lowest BCUT2D eigenvalue weighted by atomic mass is 10.1. The summed E-state index contributed by atoms with van der Waals surface area (Å²) in [6, 6.07) is 5.85. The first-order valence-electron chi connectivity index (χ1n) is 6.82. The van der Waals surface area contributed by atoms with Crippen molar-refractivity contribution in [3.63, 3.8) is 0 Å². The number of nitrogens with zero attached hydrogens (tertiary/aromatic N) is 3. The first-order valence-corrected chi connectivity index (χ1v) is 6.82. The van der Waals surface area contributed by atoms with Crippen LogP contribution >= 0.6 is 0 Å². The maximum atomic E-state index is 13.8. The van der Waals surface area contributed by atoms with Crippen LogP contribution in [0.15, 0.2) is 24.4 Å². The van der Waals surface area contributed by atoms with Crippen LogP contribution in [-0.2, 0) is 0 Å². The van der Waals surface area contributed by atoms with Crippen LogP contribution in [0.5, 0.6) is 0 Å². The van der Waals surface area contributed by atoms with E-state index < -0.39 is 5.82 Å². The van der Waals surface area contributed by atoms with Gasteiger partial charge in [-0.3, -0.25) is 0 Å². The van der Waals surface area contributed by atoms with Crippen LogP contribution in [-0.4, -0.2) is 30.6 Å². The highest BCUT2D eigenvalue weighted by Gasteiger charge is 2.08. The monoisotopic (exact) mass is 289 g/mol. The molecule has 0 aliphatic heterocycles. The smallest absolute Gasteiger partial charge is 0.224 e. The van der Waals surface area contributed by atoms with Crippen molar-refractivity contribution in [3.05, 3.63) is 35.8 Å². The molecule has 0 atom stereocenters. The van der Waals surface area contributed by atoms with Crippen LogP contribution in [0, 0.1) is 12.7 Å². The zero-order valence-corrected chi connectivity index (χ0v) is 12.7. The molecule has 2 N–H and O–H groups in total. The van der Waals surface area contributed by atoms with Gasteiger partial charge < -0.3 is 15.5 Å². The van der Waals surface area contributed by atoms with Gasteiger partial charge in [0.2, 0.25) is 5.95 Å². The van der Waals surface area contributed by atoms with Crippen LogP contribution in [0.4, 0.5) is 27.5 Å². The van der Waals surface area contributed by atoms with Gasteiger partial charge in [0, 0.05) is 32.0 Å². The SMILES string of the molecule is CCNc1ncc(F)c(Nc2ccc(C)c(N(C)C)c2)n1. The third kappa shape index (κ3) is 3.59. The molecule has 0 aliphatic carbocycles. The van der Waals surface area contributed by atoms with Gasteiger partial charge in [-0.2, -0.15) is 4.98 Å². The minimum Gasteiger partial charge on any atom is -0.377 e. The number of rotatable bonds is 5. The topological polar surface area (TPSA) is 53.1 Å². The lowest BCUT2D eigenvalue weighted by Gasteiger charge is -2.17. The highest BCUT2D eigenvalue weighted by atomic mass is 19.1. The van der Waals surface area contributed by atoms with Gasteiger partial charge in [0.15, 0.2) is 11.6 Å². The molecule has 112 valence electrons. The largest absolute Gasteiger partial charge is 0.377 e. The molecule has 2 rings (SSSR count). The summed E-state index contributed by atoms with van der Waals surface area (Å²) in [5.74, 6) is 0.0829. The Bertz CT molecular complexity index is 627. The molecule has 0 fully saturated rings. The second kappa shape index (κ2) is 6.39. The average molecular weight is 289 g/mol. The van der Waals surface area contributed by atoms with Gasteiger partial charge in [-0.15, -0.1) is 0 Å². The van der Waals surface area contributed by atoms with Gasteiger partial charge in [-0.05, 0) is 31.5 Å². The molecule has 1 aromatic carbocycles. The molecule has 0 spiro atoms. The normalized spacial score (nSPS) is 10.3. The Hall–Kier alpha value is -2.37. The molecule has 0 saturated carbocycles. The minimum atomic E-state index is -0.483. The highest BCUT2D eigenvalue weighted by molar-refractivity contribution is 5.66. The zero-order chi connectivity index (χ0) is 15.4. The predicted molar refractivity (Wildman–Crippen MR) is 84.9 cm³/mol. The summed E-state index contributed by atoms with van der Waals surface area (Å²) in [5.41, 5.74) is 3.01. The van der Waals surface area contributed by atoms with E-state index in [9.17, 15) is 4.39 Å². The Labute approximate surface area is 124 Å². The summed E-state index contributed by atoms with van der Waals surface area (Å²) in [4.78, 5) is 10.0. The third-order valence-corrected chi connectivity index (χ3v) is 3.03. The number of aromatic nitrogens is 2. The fourth-order valence-corrected chi connectivity index (χ4v) is 2.00. The molecule has 1 aromatic heterocycles. The van der Waals surface area contributed by atoms with E-state index in [-0.39, 0.29) is 5.82 Å². The Morgan fingerprint density at radius 1 is 1.29 bits per heavy atom. The molecule has 21 heavy (non-hydrogen) atoms. The molecule has 0 radical (unpaired) electrons. The van der Waals surface area contributed by atoms with Crippen LogP contribution in [0.25, 0.3) is 0 Å². The van der Waals surface area contributed by atoms with E-state index in [1.165, 1.54) is 0 Å². The summed E-state index contributed by atoms with van der Waals surface area (Å²) in [7, 11) is 3.95. The number of hydrogen-bond acceptors (Lipinski definition) is 5. The Morgan fingerprint density at radius 3 is 2.71 bits per heavy atom. The quantitative estimate of drug-likeness (QED) is 0.885. The summed E-state index contributed by atoms with van der Waals surface area (Å²) in [6.07, 6.45) is 1.16. The van der Waals surface area contributed by atoms with Gasteiger partial charge in [0.25, 0.3) is 0 Å². The zero-order valence-electron chi connectivity index (χ0n) is 12.7. The van der Waals surface area contributed by atoms with Crippen molar-refractivity contribution in [2.24, 2.45) is 0 Å². The molecule has 5 nitrogen and oxygen atoms in total. The molecule has 0 amide bonds. The maximum Gasteiger partial charge on any atom is 0.224 e. The molecule has 0 unspecified atom stereocenters. The number of halogens is 1. The van der Waals surface area contributed by atoms with Crippen LogP contribution in [0.2, 0.25) is 0 Å². The number of anilines is 4. The maximum absolute atomic E-state index is 13.8. The van der Waals surface area contributed by atoms with E-state index in [2.05, 4.69) is 20.6 Å². The van der Waals surface area contributed by atoms with Crippen LogP contribution in [0.1, 0.15) is 12.5 Å². The fourth-order valence-electron chi connectivity index (χ4n) is 2.00.